The lowest BCUT2D eigenvalue weighted by atomic mass is 10.0. The normalized spacial score (nSPS) is 15.0. The average Bonchev–Trinajstić information content (AvgIpc) is 3.07. The Hall–Kier alpha value is -1.84. The minimum atomic E-state index is -0.178. The smallest absolute Gasteiger partial charge is 0.191 e. The number of halogens is 2. The van der Waals surface area contributed by atoms with Crippen LogP contribution in [0.2, 0.25) is 0 Å². The third-order valence-corrected chi connectivity index (χ3v) is 5.78. The molecule has 0 amide bonds. The predicted octanol–water partition coefficient (Wildman–Crippen LogP) is 4.03. The summed E-state index contributed by atoms with van der Waals surface area (Å²) < 4.78 is 15.5. The molecule has 172 valence electrons. The van der Waals surface area contributed by atoms with E-state index in [1.165, 1.54) is 17.3 Å². The first kappa shape index (κ1) is 25.4. The summed E-state index contributed by atoms with van der Waals surface area (Å²) in [5, 5.41) is 11.6. The first-order chi connectivity index (χ1) is 14.5. The molecular formula is C23H36FIN6. The van der Waals surface area contributed by atoms with Crippen LogP contribution in [0.1, 0.15) is 50.6 Å². The van der Waals surface area contributed by atoms with E-state index in [2.05, 4.69) is 41.4 Å². The molecule has 1 aromatic heterocycles. The number of anilines is 1. The molecule has 2 N–H and O–H groups in total. The average molecular weight is 542 g/mol. The molecule has 2 heterocycles. The summed E-state index contributed by atoms with van der Waals surface area (Å²) in [6.45, 7) is 9.67. The van der Waals surface area contributed by atoms with Gasteiger partial charge in [0.1, 0.15) is 5.82 Å². The highest BCUT2D eigenvalue weighted by Gasteiger charge is 2.21. The topological polar surface area (TPSA) is 57.5 Å². The van der Waals surface area contributed by atoms with Gasteiger partial charge in [-0.15, -0.1) is 24.0 Å². The van der Waals surface area contributed by atoms with E-state index < -0.39 is 0 Å². The fourth-order valence-electron chi connectivity index (χ4n) is 4.20. The molecule has 6 nitrogen and oxygen atoms in total. The molecule has 31 heavy (non-hydrogen) atoms. The van der Waals surface area contributed by atoms with Crippen molar-refractivity contribution in [1.29, 1.82) is 0 Å². The Morgan fingerprint density at radius 3 is 2.55 bits per heavy atom. The van der Waals surface area contributed by atoms with Crippen LogP contribution in [0.4, 0.5) is 10.1 Å². The molecule has 1 saturated heterocycles. The second kappa shape index (κ2) is 12.3. The van der Waals surface area contributed by atoms with Crippen molar-refractivity contribution in [2.24, 2.45) is 12.0 Å². The van der Waals surface area contributed by atoms with Crippen molar-refractivity contribution in [1.82, 2.24) is 20.4 Å². The summed E-state index contributed by atoms with van der Waals surface area (Å²) in [6.07, 6.45) is 3.86. The Labute approximate surface area is 202 Å². The minimum absolute atomic E-state index is 0. The lowest BCUT2D eigenvalue weighted by molar-refractivity contribution is 0.461. The van der Waals surface area contributed by atoms with Crippen LogP contribution >= 0.6 is 24.0 Å². The summed E-state index contributed by atoms with van der Waals surface area (Å²) in [6, 6.07) is 7.22. The third kappa shape index (κ3) is 6.57. The molecule has 0 spiro atoms. The number of nitrogens with one attached hydrogen (secondary N) is 2. The van der Waals surface area contributed by atoms with E-state index >= 15 is 0 Å². The Morgan fingerprint density at radius 2 is 1.94 bits per heavy atom. The van der Waals surface area contributed by atoms with E-state index in [1.54, 1.807) is 12.1 Å². The van der Waals surface area contributed by atoms with Gasteiger partial charge in [-0.3, -0.25) is 4.68 Å². The van der Waals surface area contributed by atoms with Crippen LogP contribution in [0.25, 0.3) is 0 Å². The largest absolute Gasteiger partial charge is 0.371 e. The predicted molar refractivity (Wildman–Crippen MR) is 137 cm³/mol. The van der Waals surface area contributed by atoms with Crippen molar-refractivity contribution in [3.63, 3.8) is 0 Å². The molecule has 0 atom stereocenters. The van der Waals surface area contributed by atoms with Gasteiger partial charge >= 0.3 is 0 Å². The van der Waals surface area contributed by atoms with Crippen LogP contribution < -0.4 is 15.5 Å². The van der Waals surface area contributed by atoms with Crippen molar-refractivity contribution in [3.8, 4) is 0 Å². The highest BCUT2D eigenvalue weighted by Crippen LogP contribution is 2.21. The van der Waals surface area contributed by atoms with Gasteiger partial charge in [-0.1, -0.05) is 19.9 Å². The molecule has 0 bridgehead atoms. The third-order valence-electron chi connectivity index (χ3n) is 5.78. The zero-order valence-electron chi connectivity index (χ0n) is 19.1. The van der Waals surface area contributed by atoms with Crippen LogP contribution in [0, 0.1) is 5.82 Å². The van der Waals surface area contributed by atoms with Gasteiger partial charge < -0.3 is 15.5 Å². The lowest BCUT2D eigenvalue weighted by Gasteiger charge is -2.34. The van der Waals surface area contributed by atoms with Gasteiger partial charge in [-0.05, 0) is 50.8 Å². The van der Waals surface area contributed by atoms with E-state index in [0.29, 0.717) is 12.6 Å². The minimum Gasteiger partial charge on any atom is -0.371 e. The molecule has 8 heteroatoms. The number of nitrogens with zero attached hydrogens (tertiary/aromatic N) is 4. The van der Waals surface area contributed by atoms with Crippen LogP contribution in [-0.2, 0) is 26.4 Å². The summed E-state index contributed by atoms with van der Waals surface area (Å²) in [5.74, 6) is 0.678. The molecule has 0 radical (unpaired) electrons. The Bertz CT molecular complexity index is 858. The van der Waals surface area contributed by atoms with Crippen molar-refractivity contribution in [3.05, 3.63) is 47.0 Å². The van der Waals surface area contributed by atoms with E-state index in [-0.39, 0.29) is 29.8 Å². The van der Waals surface area contributed by atoms with Crippen LogP contribution in [0.3, 0.4) is 0 Å². The van der Waals surface area contributed by atoms with Gasteiger partial charge in [-0.2, -0.15) is 5.10 Å². The van der Waals surface area contributed by atoms with Crippen molar-refractivity contribution < 1.29 is 4.39 Å². The maximum atomic E-state index is 13.5. The molecule has 0 unspecified atom stereocenters. The van der Waals surface area contributed by atoms with Crippen molar-refractivity contribution in [2.75, 3.05) is 24.5 Å². The van der Waals surface area contributed by atoms with Gasteiger partial charge in [0.15, 0.2) is 5.96 Å². The quantitative estimate of drug-likeness (QED) is 0.315. The first-order valence-electron chi connectivity index (χ1n) is 11.1. The van der Waals surface area contributed by atoms with Crippen LogP contribution in [-0.4, -0.2) is 41.4 Å². The fourth-order valence-corrected chi connectivity index (χ4v) is 4.20. The molecular weight excluding hydrogens is 506 g/mol. The van der Waals surface area contributed by atoms with Crippen molar-refractivity contribution in [2.45, 2.75) is 59.0 Å². The SMILES string of the molecule is CCNC(=NCc1c(CC)nn(C)c1CC)NC1CCN(c2cccc(F)c2)CC1.I. The monoisotopic (exact) mass is 542 g/mol. The number of benzene rings is 1. The molecule has 1 fully saturated rings. The van der Waals surface area contributed by atoms with Gasteiger partial charge in [0.2, 0.25) is 0 Å². The zero-order chi connectivity index (χ0) is 21.5. The van der Waals surface area contributed by atoms with Gasteiger partial charge in [0.25, 0.3) is 0 Å². The fraction of sp³-hybridized carbons (Fsp3) is 0.565. The number of aliphatic imine (C=N–C) groups is 1. The lowest BCUT2D eigenvalue weighted by Crippen LogP contribution is -2.48. The van der Waals surface area contributed by atoms with Gasteiger partial charge in [-0.25, -0.2) is 9.38 Å². The molecule has 0 aliphatic carbocycles. The summed E-state index contributed by atoms with van der Waals surface area (Å²) in [4.78, 5) is 7.13. The second-order valence-electron chi connectivity index (χ2n) is 7.78. The number of hydrogen-bond acceptors (Lipinski definition) is 3. The molecule has 1 aliphatic rings. The van der Waals surface area contributed by atoms with E-state index in [0.717, 1.165) is 62.7 Å². The standard InChI is InChI=1S/C23H35FN6.HI/c1-5-21-20(22(6-2)29(4)28-21)16-26-23(25-7-3)27-18-11-13-30(14-12-18)19-10-8-9-17(24)15-19;/h8-10,15,18H,5-7,11-14,16H2,1-4H3,(H2,25,26,27);1H. The van der Waals surface area contributed by atoms with E-state index in [1.807, 2.05) is 17.8 Å². The number of aryl methyl sites for hydroxylation is 2. The van der Waals surface area contributed by atoms with E-state index in [9.17, 15) is 4.39 Å². The maximum absolute atomic E-state index is 13.5. The molecule has 0 saturated carbocycles. The Balaban J connectivity index is 0.00000341. The second-order valence-corrected chi connectivity index (χ2v) is 7.78. The zero-order valence-corrected chi connectivity index (χ0v) is 21.4. The highest BCUT2D eigenvalue weighted by molar-refractivity contribution is 14.0. The van der Waals surface area contributed by atoms with Crippen LogP contribution in [0.15, 0.2) is 29.3 Å². The van der Waals surface area contributed by atoms with E-state index in [4.69, 9.17) is 4.99 Å². The number of aromatic nitrogens is 2. The van der Waals surface area contributed by atoms with Gasteiger partial charge in [0, 0.05) is 49.7 Å². The Kier molecular flexibility index (Phi) is 10.1. The first-order valence-corrected chi connectivity index (χ1v) is 11.1. The summed E-state index contributed by atoms with van der Waals surface area (Å²) in [5.41, 5.74) is 4.61. The Morgan fingerprint density at radius 1 is 1.19 bits per heavy atom. The number of guanidine groups is 1. The number of rotatable bonds is 7. The maximum Gasteiger partial charge on any atom is 0.191 e. The summed E-state index contributed by atoms with van der Waals surface area (Å²) in [7, 11) is 2.01. The molecule has 1 aromatic carbocycles. The molecule has 2 aromatic rings. The summed E-state index contributed by atoms with van der Waals surface area (Å²) >= 11 is 0. The highest BCUT2D eigenvalue weighted by atomic mass is 127. The van der Waals surface area contributed by atoms with Crippen LogP contribution in [0.5, 0.6) is 0 Å². The molecule has 1 aliphatic heterocycles. The number of hydrogen-bond donors (Lipinski definition) is 2. The number of piperidine rings is 1. The van der Waals surface area contributed by atoms with Gasteiger partial charge in [0.05, 0.1) is 12.2 Å². The van der Waals surface area contributed by atoms with Crippen molar-refractivity contribution >= 4 is 35.6 Å². The molecule has 3 rings (SSSR count).